The van der Waals surface area contributed by atoms with Gasteiger partial charge in [-0.1, -0.05) is 29.8 Å². The molecule has 1 heterocycles. The van der Waals surface area contributed by atoms with Gasteiger partial charge in [-0.2, -0.15) is 4.98 Å². The molecule has 2 aromatic rings. The van der Waals surface area contributed by atoms with Crippen LogP contribution in [0.4, 0.5) is 17.5 Å². The van der Waals surface area contributed by atoms with Gasteiger partial charge in [0.15, 0.2) is 0 Å². The molecule has 0 unspecified atom stereocenters. The summed E-state index contributed by atoms with van der Waals surface area (Å²) < 4.78 is 0. The van der Waals surface area contributed by atoms with Crippen LogP contribution in [0, 0.1) is 17.0 Å². The van der Waals surface area contributed by atoms with Crippen molar-refractivity contribution >= 4 is 17.5 Å². The van der Waals surface area contributed by atoms with Gasteiger partial charge in [-0.3, -0.25) is 10.1 Å². The first-order valence-corrected chi connectivity index (χ1v) is 6.65. The van der Waals surface area contributed by atoms with Crippen molar-refractivity contribution in [3.05, 3.63) is 51.7 Å². The van der Waals surface area contributed by atoms with E-state index in [0.717, 1.165) is 11.1 Å². The average molecular weight is 287 g/mol. The van der Waals surface area contributed by atoms with Crippen LogP contribution in [0.1, 0.15) is 18.1 Å². The van der Waals surface area contributed by atoms with E-state index >= 15 is 0 Å². The second-order valence-electron chi connectivity index (χ2n) is 4.56. The van der Waals surface area contributed by atoms with Crippen LogP contribution in [0.2, 0.25) is 0 Å². The maximum atomic E-state index is 11.0. The monoisotopic (exact) mass is 287 g/mol. The number of hydrogen-bond acceptors (Lipinski definition) is 6. The fourth-order valence-corrected chi connectivity index (χ4v) is 1.89. The second-order valence-corrected chi connectivity index (χ2v) is 4.56. The predicted octanol–water partition coefficient (Wildman–Crippen LogP) is 2.74. The van der Waals surface area contributed by atoms with Gasteiger partial charge in [0, 0.05) is 13.1 Å². The molecule has 2 N–H and O–H groups in total. The molecule has 0 radical (unpaired) electrons. The first kappa shape index (κ1) is 14.7. The van der Waals surface area contributed by atoms with Crippen molar-refractivity contribution in [2.45, 2.75) is 20.4 Å². The Bertz CT molecular complexity index is 645. The molecule has 21 heavy (non-hydrogen) atoms. The summed E-state index contributed by atoms with van der Waals surface area (Å²) in [5.41, 5.74) is 2.04. The Morgan fingerprint density at radius 1 is 1.33 bits per heavy atom. The molecule has 0 spiro atoms. The molecule has 0 aliphatic rings. The summed E-state index contributed by atoms with van der Waals surface area (Å²) in [6, 6.07) is 7.92. The summed E-state index contributed by atoms with van der Waals surface area (Å²) in [6.07, 6.45) is 1.21. The van der Waals surface area contributed by atoms with Gasteiger partial charge in [0.1, 0.15) is 6.20 Å². The minimum Gasteiger partial charge on any atom is -0.360 e. The highest BCUT2D eigenvalue weighted by Gasteiger charge is 2.16. The van der Waals surface area contributed by atoms with Crippen molar-refractivity contribution in [3.8, 4) is 0 Å². The normalized spacial score (nSPS) is 10.2. The minimum atomic E-state index is -0.492. The van der Waals surface area contributed by atoms with E-state index in [4.69, 9.17) is 0 Å². The lowest BCUT2D eigenvalue weighted by atomic mass is 10.1. The lowest BCUT2D eigenvalue weighted by Crippen LogP contribution is -2.09. The van der Waals surface area contributed by atoms with Gasteiger partial charge in [0.25, 0.3) is 0 Å². The van der Waals surface area contributed by atoms with Crippen LogP contribution in [-0.2, 0) is 6.54 Å². The van der Waals surface area contributed by atoms with Gasteiger partial charge >= 0.3 is 5.69 Å². The summed E-state index contributed by atoms with van der Waals surface area (Å²) in [7, 11) is 0. The molecule has 0 bridgehead atoms. The zero-order valence-corrected chi connectivity index (χ0v) is 12.0. The first-order chi connectivity index (χ1) is 10.1. The van der Waals surface area contributed by atoms with Crippen molar-refractivity contribution in [1.82, 2.24) is 9.97 Å². The van der Waals surface area contributed by atoms with Crippen molar-refractivity contribution < 1.29 is 4.92 Å². The largest absolute Gasteiger partial charge is 0.360 e. The van der Waals surface area contributed by atoms with Crippen molar-refractivity contribution in [2.24, 2.45) is 0 Å². The highest BCUT2D eigenvalue weighted by Crippen LogP contribution is 2.22. The Balaban J connectivity index is 2.20. The Hall–Kier alpha value is -2.70. The van der Waals surface area contributed by atoms with E-state index in [0.29, 0.717) is 19.0 Å². The molecular formula is C14H17N5O2. The summed E-state index contributed by atoms with van der Waals surface area (Å²) >= 11 is 0. The molecule has 0 fully saturated rings. The maximum absolute atomic E-state index is 11.0. The van der Waals surface area contributed by atoms with Crippen LogP contribution in [0.15, 0.2) is 30.5 Å². The smallest absolute Gasteiger partial charge is 0.329 e. The van der Waals surface area contributed by atoms with Crippen LogP contribution in [-0.4, -0.2) is 21.4 Å². The summed E-state index contributed by atoms with van der Waals surface area (Å²) in [5, 5.41) is 17.0. The number of hydrogen-bond donors (Lipinski definition) is 2. The number of nitrogens with zero attached hydrogens (tertiary/aromatic N) is 3. The van der Waals surface area contributed by atoms with Crippen LogP contribution < -0.4 is 10.6 Å². The number of aryl methyl sites for hydroxylation is 1. The molecule has 1 aromatic heterocycles. The molecule has 0 saturated carbocycles. The van der Waals surface area contributed by atoms with Gasteiger partial charge in [0.05, 0.1) is 4.92 Å². The third-order valence-electron chi connectivity index (χ3n) is 2.84. The molecule has 7 nitrogen and oxygen atoms in total. The molecule has 0 aliphatic carbocycles. The van der Waals surface area contributed by atoms with E-state index < -0.39 is 4.92 Å². The van der Waals surface area contributed by atoms with E-state index in [1.165, 1.54) is 6.20 Å². The minimum absolute atomic E-state index is 0.135. The molecule has 1 aromatic carbocycles. The van der Waals surface area contributed by atoms with E-state index in [9.17, 15) is 10.1 Å². The van der Waals surface area contributed by atoms with E-state index in [1.54, 1.807) is 0 Å². The maximum Gasteiger partial charge on any atom is 0.329 e. The van der Waals surface area contributed by atoms with E-state index in [1.807, 2.05) is 38.1 Å². The molecular weight excluding hydrogens is 270 g/mol. The quantitative estimate of drug-likeness (QED) is 0.627. The van der Waals surface area contributed by atoms with Crippen LogP contribution >= 0.6 is 0 Å². The molecule has 2 rings (SSSR count). The van der Waals surface area contributed by atoms with Gasteiger partial charge < -0.3 is 10.6 Å². The Kier molecular flexibility index (Phi) is 4.65. The molecule has 0 aliphatic heterocycles. The highest BCUT2D eigenvalue weighted by molar-refractivity contribution is 5.57. The highest BCUT2D eigenvalue weighted by atomic mass is 16.6. The van der Waals surface area contributed by atoms with E-state index in [2.05, 4.69) is 20.6 Å². The van der Waals surface area contributed by atoms with Crippen LogP contribution in [0.25, 0.3) is 0 Å². The van der Waals surface area contributed by atoms with Crippen molar-refractivity contribution in [3.63, 3.8) is 0 Å². The third-order valence-corrected chi connectivity index (χ3v) is 2.84. The van der Waals surface area contributed by atoms with Crippen LogP contribution in [0.3, 0.4) is 0 Å². The van der Waals surface area contributed by atoms with Gasteiger partial charge in [0.2, 0.25) is 11.8 Å². The number of aromatic nitrogens is 2. The molecule has 0 atom stereocenters. The van der Waals surface area contributed by atoms with Crippen LogP contribution in [0.5, 0.6) is 0 Å². The fraction of sp³-hybridized carbons (Fsp3) is 0.286. The Morgan fingerprint density at radius 2 is 2.14 bits per heavy atom. The molecule has 110 valence electrons. The topological polar surface area (TPSA) is 93.0 Å². The lowest BCUT2D eigenvalue weighted by Gasteiger charge is -2.08. The fourth-order valence-electron chi connectivity index (χ4n) is 1.89. The van der Waals surface area contributed by atoms with Crippen molar-refractivity contribution in [2.75, 3.05) is 17.2 Å². The lowest BCUT2D eigenvalue weighted by molar-refractivity contribution is -0.384. The number of nitrogens with one attached hydrogen (secondary N) is 2. The standard InChI is InChI=1S/C14H17N5O2/c1-3-15-14-17-9-12(19(20)21)13(18-14)16-8-11-6-4-5-10(2)7-11/h4-7,9H,3,8H2,1-2H3,(H2,15,16,17,18). The summed E-state index contributed by atoms with van der Waals surface area (Å²) in [6.45, 7) is 5.02. The number of benzene rings is 1. The summed E-state index contributed by atoms with van der Waals surface area (Å²) in [4.78, 5) is 18.6. The SMILES string of the molecule is CCNc1ncc([N+](=O)[O-])c(NCc2cccc(C)c2)n1. The first-order valence-electron chi connectivity index (χ1n) is 6.65. The number of anilines is 2. The average Bonchev–Trinajstić information content (AvgIpc) is 2.45. The van der Waals surface area contributed by atoms with Crippen molar-refractivity contribution in [1.29, 1.82) is 0 Å². The number of rotatable bonds is 6. The predicted molar refractivity (Wildman–Crippen MR) is 81.4 cm³/mol. The Labute approximate surface area is 122 Å². The number of nitro groups is 1. The van der Waals surface area contributed by atoms with Gasteiger partial charge in [-0.05, 0) is 19.4 Å². The Morgan fingerprint density at radius 3 is 2.81 bits per heavy atom. The van der Waals surface area contributed by atoms with Gasteiger partial charge in [-0.25, -0.2) is 4.98 Å². The molecule has 0 amide bonds. The zero-order valence-electron chi connectivity index (χ0n) is 12.0. The molecule has 7 heteroatoms. The zero-order chi connectivity index (χ0) is 15.2. The molecule has 0 saturated heterocycles. The summed E-state index contributed by atoms with van der Waals surface area (Å²) in [5.74, 6) is 0.585. The van der Waals surface area contributed by atoms with E-state index in [-0.39, 0.29) is 11.5 Å². The third kappa shape index (κ3) is 3.88. The second kappa shape index (κ2) is 6.65. The van der Waals surface area contributed by atoms with Gasteiger partial charge in [-0.15, -0.1) is 0 Å².